The first-order valence-electron chi connectivity index (χ1n) is 11.2. The maximum Gasteiger partial charge on any atom is 0.256 e. The van der Waals surface area contributed by atoms with Crippen LogP contribution in [0.5, 0.6) is 0 Å². The van der Waals surface area contributed by atoms with Crippen molar-refractivity contribution >= 4 is 17.7 Å². The number of hydrogen-bond acceptors (Lipinski definition) is 4. The molecule has 1 aromatic carbocycles. The van der Waals surface area contributed by atoms with Gasteiger partial charge in [-0.15, -0.1) is 0 Å². The molecule has 2 aliphatic heterocycles. The molecule has 0 aromatic heterocycles. The van der Waals surface area contributed by atoms with Crippen LogP contribution in [-0.4, -0.2) is 65.0 Å². The molecule has 1 N–H and O–H groups in total. The van der Waals surface area contributed by atoms with E-state index in [4.69, 9.17) is 4.74 Å². The van der Waals surface area contributed by atoms with Crippen molar-refractivity contribution in [3.63, 3.8) is 0 Å². The minimum Gasteiger partial charge on any atom is -0.353 e. The van der Waals surface area contributed by atoms with Gasteiger partial charge in [0.15, 0.2) is 0 Å². The van der Waals surface area contributed by atoms with Crippen LogP contribution in [0.3, 0.4) is 0 Å². The van der Waals surface area contributed by atoms with Crippen LogP contribution in [0.15, 0.2) is 24.3 Å². The van der Waals surface area contributed by atoms with E-state index in [1.165, 1.54) is 0 Å². The molecule has 3 amide bonds. The van der Waals surface area contributed by atoms with Crippen molar-refractivity contribution in [2.24, 2.45) is 5.41 Å². The van der Waals surface area contributed by atoms with E-state index in [0.717, 1.165) is 18.4 Å². The first kappa shape index (κ1) is 21.8. The van der Waals surface area contributed by atoms with Gasteiger partial charge >= 0.3 is 0 Å². The molecule has 3 fully saturated rings. The van der Waals surface area contributed by atoms with Crippen molar-refractivity contribution in [2.75, 3.05) is 19.7 Å². The van der Waals surface area contributed by atoms with Crippen LogP contribution in [0.2, 0.25) is 0 Å². The molecule has 1 saturated carbocycles. The average molecular weight is 428 g/mol. The molecule has 1 unspecified atom stereocenters. The number of rotatable bonds is 3. The molecular formula is C24H33N3O4. The smallest absolute Gasteiger partial charge is 0.256 e. The van der Waals surface area contributed by atoms with Crippen molar-refractivity contribution in [3.8, 4) is 0 Å². The Morgan fingerprint density at radius 1 is 1.13 bits per heavy atom. The van der Waals surface area contributed by atoms with Gasteiger partial charge in [0, 0.05) is 43.0 Å². The number of aryl methyl sites for hydroxylation is 1. The zero-order valence-corrected chi connectivity index (χ0v) is 18.9. The first-order chi connectivity index (χ1) is 14.6. The third kappa shape index (κ3) is 4.33. The molecule has 1 aliphatic carbocycles. The molecule has 0 bridgehead atoms. The van der Waals surface area contributed by atoms with E-state index in [1.807, 2.05) is 50.8 Å². The summed E-state index contributed by atoms with van der Waals surface area (Å²) >= 11 is 0. The average Bonchev–Trinajstić information content (AvgIpc) is 3.46. The Morgan fingerprint density at radius 2 is 1.81 bits per heavy atom. The molecule has 1 aromatic rings. The summed E-state index contributed by atoms with van der Waals surface area (Å²) in [5, 5.41) is 3.04. The van der Waals surface area contributed by atoms with E-state index in [0.29, 0.717) is 31.5 Å². The number of ether oxygens (including phenoxy) is 1. The Hall–Kier alpha value is -2.41. The third-order valence-corrected chi connectivity index (χ3v) is 6.44. The molecule has 1 spiro atoms. The lowest BCUT2D eigenvalue weighted by Crippen LogP contribution is -2.60. The topological polar surface area (TPSA) is 79.0 Å². The minimum absolute atomic E-state index is 0.0972. The summed E-state index contributed by atoms with van der Waals surface area (Å²) in [6.45, 7) is 8.88. The van der Waals surface area contributed by atoms with Crippen LogP contribution >= 0.6 is 0 Å². The van der Waals surface area contributed by atoms with Crippen LogP contribution in [-0.2, 0) is 14.3 Å². The van der Waals surface area contributed by atoms with Gasteiger partial charge in [-0.3, -0.25) is 19.3 Å². The highest BCUT2D eigenvalue weighted by molar-refractivity contribution is 5.98. The second-order valence-electron chi connectivity index (χ2n) is 10.1. The summed E-state index contributed by atoms with van der Waals surface area (Å²) in [7, 11) is 0. The molecule has 2 saturated heterocycles. The van der Waals surface area contributed by atoms with Gasteiger partial charge in [0.25, 0.3) is 5.91 Å². The highest BCUT2D eigenvalue weighted by Crippen LogP contribution is 2.39. The molecule has 1 atom stereocenters. The molecule has 4 rings (SSSR count). The van der Waals surface area contributed by atoms with Crippen molar-refractivity contribution in [1.29, 1.82) is 0 Å². The van der Waals surface area contributed by atoms with Crippen molar-refractivity contribution in [2.45, 2.75) is 71.2 Å². The van der Waals surface area contributed by atoms with E-state index in [-0.39, 0.29) is 30.4 Å². The summed E-state index contributed by atoms with van der Waals surface area (Å²) in [5.41, 5.74) is 0.234. The van der Waals surface area contributed by atoms with E-state index in [2.05, 4.69) is 5.32 Å². The second-order valence-corrected chi connectivity index (χ2v) is 10.1. The summed E-state index contributed by atoms with van der Waals surface area (Å²) in [5.74, 6) is -0.235. The van der Waals surface area contributed by atoms with Crippen molar-refractivity contribution in [3.05, 3.63) is 35.4 Å². The summed E-state index contributed by atoms with van der Waals surface area (Å²) in [4.78, 5) is 42.9. The Labute approximate surface area is 184 Å². The molecule has 0 radical (unpaired) electrons. The third-order valence-electron chi connectivity index (χ3n) is 6.44. The number of carbonyl (C=O) groups excluding carboxylic acids is 3. The SMILES string of the molecule is Cc1cccc(C(=O)N2C(C(=O)NC3CC3)COC23CCN(C(=O)C(C)(C)C)CC3)c1. The minimum atomic E-state index is -0.860. The molecule has 3 aliphatic rings. The maximum absolute atomic E-state index is 13.6. The Morgan fingerprint density at radius 3 is 2.39 bits per heavy atom. The fourth-order valence-corrected chi connectivity index (χ4v) is 4.54. The summed E-state index contributed by atoms with van der Waals surface area (Å²) < 4.78 is 6.22. The van der Waals surface area contributed by atoms with Crippen LogP contribution < -0.4 is 5.32 Å². The standard InChI is InChI=1S/C24H33N3O4/c1-16-6-5-7-17(14-16)21(29)27-19(20(28)25-18-8-9-18)15-31-24(27)10-12-26(13-11-24)22(30)23(2,3)4/h5-7,14,18-19H,8-13,15H2,1-4H3,(H,25,28). The van der Waals surface area contributed by atoms with E-state index < -0.39 is 17.2 Å². The Balaban J connectivity index is 1.59. The lowest BCUT2D eigenvalue weighted by atomic mass is 9.91. The highest BCUT2D eigenvalue weighted by atomic mass is 16.5. The Kier molecular flexibility index (Phi) is 5.58. The molecular weight excluding hydrogens is 394 g/mol. The molecule has 7 nitrogen and oxygen atoms in total. The van der Waals surface area contributed by atoms with E-state index >= 15 is 0 Å². The number of piperidine rings is 1. The largest absolute Gasteiger partial charge is 0.353 e. The maximum atomic E-state index is 13.6. The van der Waals surface area contributed by atoms with Gasteiger partial charge in [-0.25, -0.2) is 0 Å². The fraction of sp³-hybridized carbons (Fsp3) is 0.625. The molecule has 2 heterocycles. The van der Waals surface area contributed by atoms with Crippen LogP contribution in [0.25, 0.3) is 0 Å². The van der Waals surface area contributed by atoms with Gasteiger partial charge in [0.2, 0.25) is 11.8 Å². The molecule has 168 valence electrons. The number of nitrogens with one attached hydrogen (secondary N) is 1. The van der Waals surface area contributed by atoms with Gasteiger partial charge < -0.3 is 15.0 Å². The predicted molar refractivity (Wildman–Crippen MR) is 116 cm³/mol. The van der Waals surface area contributed by atoms with E-state index in [9.17, 15) is 14.4 Å². The number of carbonyl (C=O) groups is 3. The van der Waals surface area contributed by atoms with Crippen LogP contribution in [0.4, 0.5) is 0 Å². The molecule has 31 heavy (non-hydrogen) atoms. The summed E-state index contributed by atoms with van der Waals surface area (Å²) in [6, 6.07) is 7.00. The van der Waals surface area contributed by atoms with Crippen LogP contribution in [0.1, 0.15) is 62.4 Å². The lowest BCUT2D eigenvalue weighted by Gasteiger charge is -2.45. The zero-order chi connectivity index (χ0) is 22.4. The fourth-order valence-electron chi connectivity index (χ4n) is 4.54. The number of nitrogens with zero attached hydrogens (tertiary/aromatic N) is 2. The zero-order valence-electron chi connectivity index (χ0n) is 18.9. The van der Waals surface area contributed by atoms with Gasteiger partial charge in [0.05, 0.1) is 6.61 Å². The monoisotopic (exact) mass is 427 g/mol. The lowest BCUT2D eigenvalue weighted by molar-refractivity contribution is -0.150. The normalized spacial score (nSPS) is 23.2. The van der Waals surface area contributed by atoms with E-state index in [1.54, 1.807) is 11.0 Å². The quantitative estimate of drug-likeness (QED) is 0.804. The summed E-state index contributed by atoms with van der Waals surface area (Å²) in [6.07, 6.45) is 2.97. The van der Waals surface area contributed by atoms with Gasteiger partial charge in [-0.1, -0.05) is 38.5 Å². The van der Waals surface area contributed by atoms with Crippen molar-refractivity contribution in [1.82, 2.24) is 15.1 Å². The predicted octanol–water partition coefficient (Wildman–Crippen LogP) is 2.48. The first-order valence-corrected chi connectivity index (χ1v) is 11.2. The molecule has 7 heteroatoms. The van der Waals surface area contributed by atoms with Gasteiger partial charge in [-0.05, 0) is 31.9 Å². The van der Waals surface area contributed by atoms with Gasteiger partial charge in [0.1, 0.15) is 11.8 Å². The van der Waals surface area contributed by atoms with Crippen LogP contribution in [0, 0.1) is 12.3 Å². The Bertz CT molecular complexity index is 879. The number of likely N-dealkylation sites (tertiary alicyclic amines) is 1. The van der Waals surface area contributed by atoms with Gasteiger partial charge in [-0.2, -0.15) is 0 Å². The second kappa shape index (κ2) is 7.93. The van der Waals surface area contributed by atoms with Crippen molar-refractivity contribution < 1.29 is 19.1 Å². The highest BCUT2D eigenvalue weighted by Gasteiger charge is 2.54. The number of amides is 3. The number of hydrogen-bond donors (Lipinski definition) is 1. The number of benzene rings is 1.